The van der Waals surface area contributed by atoms with Gasteiger partial charge in [0.15, 0.2) is 0 Å². The Hall–Kier alpha value is 1.29. The van der Waals surface area contributed by atoms with Crippen LogP contribution in [-0.4, -0.2) is 279 Å². The molecule has 6 atom stereocenters. The van der Waals surface area contributed by atoms with E-state index in [0.29, 0.717) is 37.3 Å². The SMILES string of the molecule is COC(C)CCCNCCCC(C)CO.COC(C)CCC[N-]CCCC(C)CO.CO[Si](C)(CCCN1CCC[Si]1(OC)OC)OC.CO[Si](C)(CO)CCC[N-]CCC[Si](OC)(OC)OC.CO[Si](CCCN1CCC[Si]1(C=O)OC)(OC)OC.[Li+].[Li+]. The molecule has 23 nitrogen and oxygen atoms in total. The number of rotatable bonds is 50. The molecule has 0 aliphatic carbocycles. The van der Waals surface area contributed by atoms with E-state index < -0.39 is 51.7 Å². The van der Waals surface area contributed by atoms with E-state index in [1.807, 2.05) is 6.55 Å². The fourth-order valence-electron chi connectivity index (χ4n) is 9.83. The second-order valence-corrected chi connectivity index (χ2v) is 43.9. The third-order valence-electron chi connectivity index (χ3n) is 16.8. The fourth-order valence-corrected chi connectivity index (χ4v) is 21.9. The average Bonchev–Trinajstić information content (AvgIpc) is 2.99. The number of ether oxygens (including phenoxy) is 2. The first-order chi connectivity index (χ1) is 41.6. The van der Waals surface area contributed by atoms with E-state index in [1.54, 1.807) is 99.5 Å². The molecule has 6 unspecified atom stereocenters. The summed E-state index contributed by atoms with van der Waals surface area (Å²) in [5, 5.41) is 39.3. The summed E-state index contributed by atoms with van der Waals surface area (Å²) in [6.07, 6.45) is 15.9. The first-order valence-corrected chi connectivity index (χ1v) is 45.3. The Morgan fingerprint density at radius 3 is 1.33 bits per heavy atom. The summed E-state index contributed by atoms with van der Waals surface area (Å²) in [5.74, 6) is 1.92. The number of nitrogens with zero attached hydrogens (tertiary/aromatic N) is 4. The smallest absolute Gasteiger partial charge is 0.662 e. The summed E-state index contributed by atoms with van der Waals surface area (Å²) in [4.78, 5) is 11.3. The Labute approximate surface area is 574 Å². The maximum absolute atomic E-state index is 11.3. The van der Waals surface area contributed by atoms with Crippen molar-refractivity contribution in [3.8, 4) is 0 Å². The molecule has 2 aliphatic rings. The molecule has 2 heterocycles. The van der Waals surface area contributed by atoms with Gasteiger partial charge in [0, 0.05) is 131 Å². The molecule has 0 aromatic carbocycles. The number of carbonyl (C=O) groups excluding carboxylic acids is 1. The molecule has 526 valence electrons. The van der Waals surface area contributed by atoms with Crippen molar-refractivity contribution < 1.29 is 120 Å². The van der Waals surface area contributed by atoms with E-state index in [2.05, 4.69) is 59.3 Å². The van der Waals surface area contributed by atoms with Gasteiger partial charge < -0.3 is 98.7 Å². The molecule has 0 saturated carbocycles. The van der Waals surface area contributed by atoms with Crippen LogP contribution < -0.4 is 43.0 Å². The van der Waals surface area contributed by atoms with Crippen LogP contribution in [0, 0.1) is 11.8 Å². The van der Waals surface area contributed by atoms with Crippen molar-refractivity contribution in [2.45, 2.75) is 179 Å². The van der Waals surface area contributed by atoms with E-state index in [9.17, 15) is 9.90 Å². The van der Waals surface area contributed by atoms with Gasteiger partial charge in [-0.25, -0.2) is 0 Å². The van der Waals surface area contributed by atoms with Crippen LogP contribution in [0.25, 0.3) is 10.6 Å². The van der Waals surface area contributed by atoms with Crippen molar-refractivity contribution in [2.24, 2.45) is 11.8 Å². The Kier molecular flexibility index (Phi) is 68.5. The van der Waals surface area contributed by atoms with Crippen molar-refractivity contribution in [3.05, 3.63) is 10.6 Å². The van der Waals surface area contributed by atoms with E-state index >= 15 is 0 Å². The van der Waals surface area contributed by atoms with Gasteiger partial charge in [-0.3, -0.25) is 9.13 Å². The molecule has 0 amide bonds. The predicted octanol–water partition coefficient (Wildman–Crippen LogP) is 2.66. The number of methoxy groups -OCH3 is 2. The third kappa shape index (κ3) is 44.8. The molecular weight excluding hydrogens is 1240 g/mol. The minimum absolute atomic E-state index is 0. The monoisotopic (exact) mass is 1370 g/mol. The van der Waals surface area contributed by atoms with E-state index in [4.69, 9.17) is 72.8 Å². The molecule has 0 aromatic rings. The molecule has 89 heavy (non-hydrogen) atoms. The summed E-state index contributed by atoms with van der Waals surface area (Å²) >= 11 is 0. The van der Waals surface area contributed by atoms with Gasteiger partial charge in [0.25, 0.3) is 0 Å². The van der Waals surface area contributed by atoms with Crippen molar-refractivity contribution >= 4 is 57.6 Å². The molecule has 2 saturated heterocycles. The normalized spacial score (nSPS) is 18.0. The molecule has 0 bridgehead atoms. The van der Waals surface area contributed by atoms with Crippen LogP contribution >= 0.6 is 0 Å². The summed E-state index contributed by atoms with van der Waals surface area (Å²) in [6.45, 7) is 22.6. The topological polar surface area (TPSA) is 254 Å². The Balaban J connectivity index is -0.000000330. The largest absolute Gasteiger partial charge is 1.00 e. The zero-order valence-electron chi connectivity index (χ0n) is 61.0. The summed E-state index contributed by atoms with van der Waals surface area (Å²) in [5.41, 5.74) is 0. The third-order valence-corrected chi connectivity index (χ3v) is 35.9. The maximum atomic E-state index is 11.3. The van der Waals surface area contributed by atoms with Gasteiger partial charge in [0.1, 0.15) is 5.91 Å². The number of carbonyl (C=O) groups is 1. The summed E-state index contributed by atoms with van der Waals surface area (Å²) in [6, 6.07) is 5.45. The fraction of sp³-hybridized carbons (Fsp3) is 0.983. The van der Waals surface area contributed by atoms with Gasteiger partial charge in [0.05, 0.1) is 18.4 Å². The molecule has 0 spiro atoms. The van der Waals surface area contributed by atoms with Gasteiger partial charge in [-0.05, 0) is 154 Å². The van der Waals surface area contributed by atoms with Crippen LogP contribution in [-0.2, 0) is 67.4 Å². The van der Waals surface area contributed by atoms with Crippen molar-refractivity contribution in [3.63, 3.8) is 0 Å². The standard InChI is InChI=1S/C12H30NO5Si2.C12H27NO2.C12H26NO2.C11H25NO5Si2.C11H27NO4Si2.2Li/c1-15-19(5,12-14)10-6-8-13-9-7-11-20(16-2,17-3)18-4;2*1-11(10-14)6-4-8-13-9-5-7-12(2)15-3;1-14-18(11-13)9-5-7-12(18)8-6-10-19(15-2,16-3)17-4;1-13-17(5,14-2)10-6-8-12-9-7-11-18(12,15-3)16-4;;/h14H,6-12H2,1-5H3;11-14H,4-10H2,1-3H3;11-12,14H,4-10H2,1-3H3;11H,5-10H2,1-4H3;6-11H2,1-5H3;;/q-1;;-1;;;2*+1. The average molecular weight is 1370 g/mol. The zero-order chi connectivity index (χ0) is 66.5. The molecule has 2 aliphatic heterocycles. The van der Waals surface area contributed by atoms with Crippen LogP contribution in [0.5, 0.6) is 0 Å². The second-order valence-electron chi connectivity index (χ2n) is 23.2. The van der Waals surface area contributed by atoms with E-state index in [1.165, 1.54) is 12.8 Å². The van der Waals surface area contributed by atoms with Crippen molar-refractivity contribution in [2.75, 3.05) is 184 Å². The first-order valence-electron chi connectivity index (χ1n) is 32.0. The summed E-state index contributed by atoms with van der Waals surface area (Å²) < 4.78 is 80.5. The maximum Gasteiger partial charge on any atom is 1.00 e. The number of aliphatic hydroxyl groups excluding tert-OH is 3. The predicted molar refractivity (Wildman–Crippen MR) is 365 cm³/mol. The van der Waals surface area contributed by atoms with Crippen LogP contribution in [0.2, 0.25) is 49.4 Å². The molecule has 2 fully saturated rings. The molecule has 4 N–H and O–H groups in total. The van der Waals surface area contributed by atoms with Crippen molar-refractivity contribution in [1.29, 1.82) is 0 Å². The van der Waals surface area contributed by atoms with Gasteiger partial charge >= 0.3 is 81.1 Å². The van der Waals surface area contributed by atoms with Crippen LogP contribution in [0.4, 0.5) is 0 Å². The van der Waals surface area contributed by atoms with Crippen LogP contribution in [0.3, 0.4) is 0 Å². The van der Waals surface area contributed by atoms with Crippen LogP contribution in [0.15, 0.2) is 0 Å². The van der Waals surface area contributed by atoms with Gasteiger partial charge in [-0.2, -0.15) is 0 Å². The summed E-state index contributed by atoms with van der Waals surface area (Å²) in [7, 11) is 10.5. The quantitative estimate of drug-likeness (QED) is 0.0388. The minimum atomic E-state index is -2.50. The van der Waals surface area contributed by atoms with E-state index in [-0.39, 0.29) is 44.0 Å². The number of nitrogens with one attached hydrogen (secondary N) is 1. The van der Waals surface area contributed by atoms with Crippen molar-refractivity contribution in [1.82, 2.24) is 14.4 Å². The molecular formula is C58H135Li2N5O18Si6. The van der Waals surface area contributed by atoms with Gasteiger partial charge in [0.2, 0.25) is 8.32 Å². The molecule has 31 heteroatoms. The Bertz CT molecular complexity index is 1470. The molecule has 0 radical (unpaired) electrons. The Morgan fingerprint density at radius 2 is 0.899 bits per heavy atom. The minimum Gasteiger partial charge on any atom is -0.662 e. The van der Waals surface area contributed by atoms with Crippen LogP contribution in [0.1, 0.15) is 118 Å². The zero-order valence-corrected chi connectivity index (χ0v) is 67.0. The number of aliphatic hydroxyl groups is 3. The first kappa shape index (κ1) is 99.0. The number of hydrogen-bond donors (Lipinski definition) is 4. The van der Waals surface area contributed by atoms with Gasteiger partial charge in [-0.15, -0.1) is 26.2 Å². The number of hydrogen-bond acceptors (Lipinski definition) is 21. The molecule has 2 rings (SSSR count). The molecule has 0 aromatic heterocycles. The van der Waals surface area contributed by atoms with E-state index in [0.717, 1.165) is 185 Å². The Morgan fingerprint density at radius 1 is 0.494 bits per heavy atom. The van der Waals surface area contributed by atoms with Gasteiger partial charge in [-0.1, -0.05) is 46.0 Å². The second kappa shape index (κ2) is 61.6.